The number of amides is 1. The van der Waals surface area contributed by atoms with Gasteiger partial charge in [-0.15, -0.1) is 6.58 Å². The molecule has 4 aliphatic rings. The highest BCUT2D eigenvalue weighted by atomic mass is 16.5. The van der Waals surface area contributed by atoms with Crippen LogP contribution < -0.4 is 4.74 Å². The van der Waals surface area contributed by atoms with Crippen LogP contribution in [0.3, 0.4) is 0 Å². The van der Waals surface area contributed by atoms with Crippen molar-refractivity contribution in [3.05, 3.63) is 72.1 Å². The van der Waals surface area contributed by atoms with Gasteiger partial charge in [0.05, 0.1) is 17.1 Å². The molecule has 7 nitrogen and oxygen atoms in total. The number of benzene rings is 1. The fourth-order valence-corrected chi connectivity index (χ4v) is 7.31. The van der Waals surface area contributed by atoms with E-state index in [0.717, 1.165) is 29.8 Å². The summed E-state index contributed by atoms with van der Waals surface area (Å²) in [5.41, 5.74) is 1.26. The monoisotopic (exact) mass is 473 g/mol. The number of nitrogens with zero attached hydrogens (tertiary/aromatic N) is 3. The van der Waals surface area contributed by atoms with E-state index in [1.165, 1.54) is 0 Å². The number of rotatable bonds is 5. The van der Waals surface area contributed by atoms with Crippen LogP contribution in [0.4, 0.5) is 0 Å². The van der Waals surface area contributed by atoms with Gasteiger partial charge in [0.25, 0.3) is 0 Å². The van der Waals surface area contributed by atoms with Gasteiger partial charge in [0.1, 0.15) is 6.10 Å². The molecule has 35 heavy (non-hydrogen) atoms. The molecule has 1 aromatic heterocycles. The van der Waals surface area contributed by atoms with Crippen molar-refractivity contribution in [2.45, 2.75) is 54.9 Å². The molecule has 1 saturated heterocycles. The Bertz CT molecular complexity index is 1210. The Hall–Kier alpha value is -3.16. The number of pyridine rings is 1. The molecular formula is C28H31N3O4. The number of aromatic hydroxyl groups is 1. The maximum atomic E-state index is 13.2. The topological polar surface area (TPSA) is 86.1 Å². The summed E-state index contributed by atoms with van der Waals surface area (Å²) in [5, 5.41) is 23.2. The second kappa shape index (κ2) is 7.93. The first-order chi connectivity index (χ1) is 16.9. The predicted octanol–water partition coefficient (Wildman–Crippen LogP) is 2.67. The summed E-state index contributed by atoms with van der Waals surface area (Å²) < 4.78 is 6.54. The molecule has 0 radical (unpaired) electrons. The summed E-state index contributed by atoms with van der Waals surface area (Å²) in [6.07, 6.45) is 10.8. The van der Waals surface area contributed by atoms with Gasteiger partial charge in [-0.3, -0.25) is 14.7 Å². The molecule has 2 fully saturated rings. The SMILES string of the molecule is C=CCN1CC[C@]23c4c5ccc(O)c4O[C@H]2[C@@H](N(C)C(=O)/C=C/c2cccnc2)CC[C@@]3(O)[C@H]1C5. The number of likely N-dealkylation sites (N-methyl/N-ethyl adjacent to an activating group) is 1. The molecule has 1 amide bonds. The van der Waals surface area contributed by atoms with Crippen LogP contribution in [-0.4, -0.2) is 74.8 Å². The molecule has 0 unspecified atom stereocenters. The molecule has 1 saturated carbocycles. The van der Waals surface area contributed by atoms with Crippen molar-refractivity contribution in [3.63, 3.8) is 0 Å². The quantitative estimate of drug-likeness (QED) is 0.513. The Morgan fingerprint density at radius 2 is 2.23 bits per heavy atom. The average Bonchev–Trinajstić information content (AvgIpc) is 3.22. The van der Waals surface area contributed by atoms with Gasteiger partial charge in [-0.25, -0.2) is 0 Å². The molecule has 7 heteroatoms. The van der Waals surface area contributed by atoms with Crippen molar-refractivity contribution in [1.29, 1.82) is 0 Å². The van der Waals surface area contributed by atoms with Crippen molar-refractivity contribution in [2.24, 2.45) is 0 Å². The molecule has 1 spiro atoms. The fourth-order valence-electron chi connectivity index (χ4n) is 7.31. The molecular weight excluding hydrogens is 442 g/mol. The normalized spacial score (nSPS) is 32.7. The molecule has 2 aromatic rings. The first-order valence-corrected chi connectivity index (χ1v) is 12.3. The molecule has 6 rings (SSSR count). The zero-order valence-electron chi connectivity index (χ0n) is 19.9. The third-order valence-electron chi connectivity index (χ3n) is 8.85. The van der Waals surface area contributed by atoms with Gasteiger partial charge in [-0.05, 0) is 61.6 Å². The van der Waals surface area contributed by atoms with Crippen LogP contribution in [-0.2, 0) is 16.6 Å². The second-order valence-electron chi connectivity index (χ2n) is 10.3. The zero-order valence-corrected chi connectivity index (χ0v) is 19.9. The van der Waals surface area contributed by atoms with Crippen molar-refractivity contribution in [1.82, 2.24) is 14.8 Å². The molecule has 182 valence electrons. The third kappa shape index (κ3) is 2.98. The Morgan fingerprint density at radius 3 is 3.00 bits per heavy atom. The van der Waals surface area contributed by atoms with Crippen molar-refractivity contribution >= 4 is 12.0 Å². The van der Waals surface area contributed by atoms with Crippen LogP contribution in [0.5, 0.6) is 11.5 Å². The molecule has 2 aliphatic carbocycles. The number of ether oxygens (including phenoxy) is 1. The van der Waals surface area contributed by atoms with Crippen LogP contribution in [0.2, 0.25) is 0 Å². The van der Waals surface area contributed by atoms with Gasteiger partial charge in [-0.2, -0.15) is 0 Å². The van der Waals surface area contributed by atoms with Gasteiger partial charge in [0.15, 0.2) is 11.5 Å². The molecule has 2 aliphatic heterocycles. The standard InChI is InChI=1S/C28H31N3O4/c1-3-14-31-15-12-27-24-19-7-8-21(32)25(24)35-26(27)20(10-11-28(27,34)22(31)16-19)30(2)23(33)9-6-18-5-4-13-29-17-18/h3-9,13,17,20,22,26,32,34H,1,10-12,14-16H2,2H3/b9-6+/t20-,22+,26-,27-,28+/m0/s1. The van der Waals surface area contributed by atoms with Gasteiger partial charge < -0.3 is 19.8 Å². The first-order valence-electron chi connectivity index (χ1n) is 12.3. The Labute approximate surface area is 205 Å². The summed E-state index contributed by atoms with van der Waals surface area (Å²) in [4.78, 5) is 21.4. The van der Waals surface area contributed by atoms with E-state index in [4.69, 9.17) is 4.74 Å². The summed E-state index contributed by atoms with van der Waals surface area (Å²) in [5.74, 6) is 0.465. The van der Waals surface area contributed by atoms with Crippen LogP contribution in [0.25, 0.3) is 6.08 Å². The lowest BCUT2D eigenvalue weighted by Crippen LogP contribution is -2.78. The van der Waals surface area contributed by atoms with E-state index in [9.17, 15) is 15.0 Å². The number of piperidine rings is 1. The molecule has 2 bridgehead atoms. The van der Waals surface area contributed by atoms with E-state index in [1.807, 2.05) is 31.3 Å². The number of carbonyl (C=O) groups excluding carboxylic acids is 1. The highest BCUT2D eigenvalue weighted by Gasteiger charge is 2.73. The van der Waals surface area contributed by atoms with E-state index in [0.29, 0.717) is 31.4 Å². The zero-order chi connectivity index (χ0) is 24.4. The lowest BCUT2D eigenvalue weighted by molar-refractivity contribution is -0.198. The number of likely N-dealkylation sites (tertiary alicyclic amines) is 1. The fraction of sp³-hybridized carbons (Fsp3) is 0.429. The largest absolute Gasteiger partial charge is 0.504 e. The van der Waals surface area contributed by atoms with E-state index in [2.05, 4.69) is 16.5 Å². The number of aliphatic hydroxyl groups is 1. The average molecular weight is 474 g/mol. The lowest BCUT2D eigenvalue weighted by Gasteiger charge is -2.64. The minimum Gasteiger partial charge on any atom is -0.504 e. The highest BCUT2D eigenvalue weighted by Crippen LogP contribution is 2.65. The van der Waals surface area contributed by atoms with E-state index in [1.54, 1.807) is 35.5 Å². The van der Waals surface area contributed by atoms with Crippen molar-refractivity contribution in [3.8, 4) is 11.5 Å². The Morgan fingerprint density at radius 1 is 1.37 bits per heavy atom. The Balaban J connectivity index is 1.39. The predicted molar refractivity (Wildman–Crippen MR) is 132 cm³/mol. The van der Waals surface area contributed by atoms with Crippen molar-refractivity contribution in [2.75, 3.05) is 20.1 Å². The summed E-state index contributed by atoms with van der Waals surface area (Å²) in [7, 11) is 1.81. The minimum absolute atomic E-state index is 0.0595. The first kappa shape index (κ1) is 22.3. The highest BCUT2D eigenvalue weighted by molar-refractivity contribution is 5.92. The molecule has 1 aromatic carbocycles. The van der Waals surface area contributed by atoms with Crippen LogP contribution in [0, 0.1) is 0 Å². The number of hydrogen-bond acceptors (Lipinski definition) is 6. The van der Waals surface area contributed by atoms with Gasteiger partial charge in [-0.1, -0.05) is 18.2 Å². The number of carbonyl (C=O) groups is 1. The van der Waals surface area contributed by atoms with E-state index in [-0.39, 0.29) is 23.7 Å². The smallest absolute Gasteiger partial charge is 0.246 e. The number of aromatic nitrogens is 1. The maximum absolute atomic E-state index is 13.2. The molecule has 3 heterocycles. The molecule has 5 atom stereocenters. The maximum Gasteiger partial charge on any atom is 0.246 e. The molecule has 2 N–H and O–H groups in total. The lowest BCUT2D eigenvalue weighted by atomic mass is 9.48. The second-order valence-corrected chi connectivity index (χ2v) is 10.3. The number of phenols is 1. The number of phenolic OH excluding ortho intramolecular Hbond substituents is 1. The van der Waals surface area contributed by atoms with Crippen LogP contribution in [0.1, 0.15) is 36.0 Å². The van der Waals surface area contributed by atoms with E-state index < -0.39 is 17.1 Å². The van der Waals surface area contributed by atoms with Crippen molar-refractivity contribution < 1.29 is 19.7 Å². The van der Waals surface area contributed by atoms with Gasteiger partial charge in [0.2, 0.25) is 5.91 Å². The number of hydrogen-bond donors (Lipinski definition) is 2. The van der Waals surface area contributed by atoms with Gasteiger partial charge in [0, 0.05) is 43.7 Å². The summed E-state index contributed by atoms with van der Waals surface area (Å²) >= 11 is 0. The summed E-state index contributed by atoms with van der Waals surface area (Å²) in [6.45, 7) is 5.45. The van der Waals surface area contributed by atoms with Crippen LogP contribution in [0.15, 0.2) is 55.4 Å². The van der Waals surface area contributed by atoms with E-state index >= 15 is 0 Å². The third-order valence-corrected chi connectivity index (χ3v) is 8.85. The summed E-state index contributed by atoms with van der Waals surface area (Å²) in [6, 6.07) is 7.11. The van der Waals surface area contributed by atoms with Crippen LogP contribution >= 0.6 is 0 Å². The minimum atomic E-state index is -1.00. The van der Waals surface area contributed by atoms with Gasteiger partial charge >= 0.3 is 0 Å². The Kier molecular flexibility index (Phi) is 5.06.